The molecule has 0 bridgehead atoms. The molecule has 0 saturated carbocycles. The maximum Gasteiger partial charge on any atom is 0.323 e. The van der Waals surface area contributed by atoms with Crippen molar-refractivity contribution >= 4 is 28.5 Å². The number of likely N-dealkylation sites (tertiary alicyclic amines) is 1. The van der Waals surface area contributed by atoms with Crippen molar-refractivity contribution in [3.63, 3.8) is 0 Å². The summed E-state index contributed by atoms with van der Waals surface area (Å²) in [5, 5.41) is 12.1. The fourth-order valence-electron chi connectivity index (χ4n) is 2.80. The summed E-state index contributed by atoms with van der Waals surface area (Å²) in [6, 6.07) is 3.40. The molecule has 0 aliphatic carbocycles. The van der Waals surface area contributed by atoms with Gasteiger partial charge in [0.2, 0.25) is 0 Å². The van der Waals surface area contributed by atoms with E-state index in [-0.39, 0.29) is 6.03 Å². The standard InChI is InChI=1S/C17H17F2N3O3S/c18-13-2-1-10(8-14(13)19)7-12-9-20-16(26-12)21-17(25)22-5-3-11(4-6-22)15(23)24/h1-2,8-9,11H,3-7H2,(H,23,24)(H,20,21,25). The fourth-order valence-corrected chi connectivity index (χ4v) is 3.63. The summed E-state index contributed by atoms with van der Waals surface area (Å²) in [5.74, 6) is -3.02. The van der Waals surface area contributed by atoms with Gasteiger partial charge in [-0.1, -0.05) is 6.07 Å². The highest BCUT2D eigenvalue weighted by Crippen LogP contribution is 2.23. The van der Waals surface area contributed by atoms with Gasteiger partial charge in [0.05, 0.1) is 5.92 Å². The Labute approximate surface area is 152 Å². The molecular weight excluding hydrogens is 364 g/mol. The molecule has 3 rings (SSSR count). The Hall–Kier alpha value is -2.55. The zero-order valence-electron chi connectivity index (χ0n) is 13.7. The Balaban J connectivity index is 1.55. The van der Waals surface area contributed by atoms with E-state index >= 15 is 0 Å². The molecule has 2 aromatic rings. The molecule has 6 nitrogen and oxygen atoms in total. The molecule has 2 heterocycles. The normalized spacial score (nSPS) is 15.1. The Kier molecular flexibility index (Phi) is 5.46. The van der Waals surface area contributed by atoms with Crippen molar-refractivity contribution in [3.8, 4) is 0 Å². The molecule has 1 aliphatic heterocycles. The van der Waals surface area contributed by atoms with Gasteiger partial charge in [0.1, 0.15) is 0 Å². The second-order valence-corrected chi connectivity index (χ2v) is 7.20. The quantitative estimate of drug-likeness (QED) is 0.851. The van der Waals surface area contributed by atoms with Crippen molar-refractivity contribution in [2.45, 2.75) is 19.3 Å². The van der Waals surface area contributed by atoms with Crippen LogP contribution in [0.5, 0.6) is 0 Å². The number of carboxylic acid groups (broad SMARTS) is 1. The maximum absolute atomic E-state index is 13.3. The van der Waals surface area contributed by atoms with Gasteiger partial charge in [0.15, 0.2) is 16.8 Å². The van der Waals surface area contributed by atoms with Gasteiger partial charge in [-0.15, -0.1) is 11.3 Å². The number of amides is 2. The van der Waals surface area contributed by atoms with Crippen molar-refractivity contribution in [1.29, 1.82) is 0 Å². The van der Waals surface area contributed by atoms with Crippen LogP contribution in [0.2, 0.25) is 0 Å². The first-order valence-electron chi connectivity index (χ1n) is 8.09. The van der Waals surface area contributed by atoms with Gasteiger partial charge in [0.25, 0.3) is 0 Å². The summed E-state index contributed by atoms with van der Waals surface area (Å²) in [7, 11) is 0. The van der Waals surface area contributed by atoms with Gasteiger partial charge in [-0.3, -0.25) is 10.1 Å². The number of urea groups is 1. The lowest BCUT2D eigenvalue weighted by molar-refractivity contribution is -0.143. The first kappa shape index (κ1) is 18.2. The minimum absolute atomic E-state index is 0.317. The lowest BCUT2D eigenvalue weighted by atomic mass is 9.97. The Morgan fingerprint density at radius 3 is 2.65 bits per heavy atom. The number of aliphatic carboxylic acids is 1. The van der Waals surface area contributed by atoms with Gasteiger partial charge in [-0.25, -0.2) is 18.6 Å². The summed E-state index contributed by atoms with van der Waals surface area (Å²) in [5.41, 5.74) is 0.612. The number of carbonyl (C=O) groups excluding carboxylic acids is 1. The van der Waals surface area contributed by atoms with Gasteiger partial charge >= 0.3 is 12.0 Å². The number of nitrogens with one attached hydrogen (secondary N) is 1. The number of nitrogens with zero attached hydrogens (tertiary/aromatic N) is 2. The van der Waals surface area contributed by atoms with E-state index in [1.54, 1.807) is 11.1 Å². The van der Waals surface area contributed by atoms with Crippen LogP contribution in [0.25, 0.3) is 0 Å². The largest absolute Gasteiger partial charge is 0.481 e. The van der Waals surface area contributed by atoms with E-state index in [1.165, 1.54) is 17.4 Å². The monoisotopic (exact) mass is 381 g/mol. The summed E-state index contributed by atoms with van der Waals surface area (Å²) in [6.45, 7) is 0.770. The highest BCUT2D eigenvalue weighted by Gasteiger charge is 2.27. The van der Waals surface area contributed by atoms with Crippen molar-refractivity contribution in [1.82, 2.24) is 9.88 Å². The van der Waals surface area contributed by atoms with Gasteiger partial charge in [-0.2, -0.15) is 0 Å². The van der Waals surface area contributed by atoms with E-state index in [9.17, 15) is 18.4 Å². The summed E-state index contributed by atoms with van der Waals surface area (Å²) >= 11 is 1.26. The van der Waals surface area contributed by atoms with Crippen LogP contribution in [0.3, 0.4) is 0 Å². The molecule has 0 atom stereocenters. The molecule has 26 heavy (non-hydrogen) atoms. The molecule has 2 amide bonds. The van der Waals surface area contributed by atoms with E-state index in [0.29, 0.717) is 43.0 Å². The molecule has 1 aromatic carbocycles. The second kappa shape index (κ2) is 7.77. The first-order chi connectivity index (χ1) is 12.4. The number of carboxylic acids is 1. The molecule has 9 heteroatoms. The number of aromatic nitrogens is 1. The van der Waals surface area contributed by atoms with E-state index < -0.39 is 23.5 Å². The Morgan fingerprint density at radius 2 is 2.00 bits per heavy atom. The predicted octanol–water partition coefficient (Wildman–Crippen LogP) is 3.34. The van der Waals surface area contributed by atoms with E-state index in [4.69, 9.17) is 5.11 Å². The van der Waals surface area contributed by atoms with Crippen molar-refractivity contribution in [2.24, 2.45) is 5.92 Å². The summed E-state index contributed by atoms with van der Waals surface area (Å²) in [4.78, 5) is 29.7. The maximum atomic E-state index is 13.3. The van der Waals surface area contributed by atoms with Crippen LogP contribution < -0.4 is 5.32 Å². The highest BCUT2D eigenvalue weighted by atomic mass is 32.1. The lowest BCUT2D eigenvalue weighted by Crippen LogP contribution is -2.42. The number of thiazole rings is 1. The molecular formula is C17H17F2N3O3S. The molecule has 0 spiro atoms. The molecule has 1 saturated heterocycles. The molecule has 138 valence electrons. The SMILES string of the molecule is O=C(O)C1CCN(C(=O)Nc2ncc(Cc3ccc(F)c(F)c3)s2)CC1. The highest BCUT2D eigenvalue weighted by molar-refractivity contribution is 7.15. The predicted molar refractivity (Wildman–Crippen MR) is 92.2 cm³/mol. The zero-order valence-corrected chi connectivity index (χ0v) is 14.6. The third-order valence-electron chi connectivity index (χ3n) is 4.26. The van der Waals surface area contributed by atoms with Crippen LogP contribution in [-0.4, -0.2) is 40.1 Å². The van der Waals surface area contributed by atoms with E-state index in [0.717, 1.165) is 17.0 Å². The Morgan fingerprint density at radius 1 is 1.27 bits per heavy atom. The van der Waals surface area contributed by atoms with Crippen LogP contribution in [-0.2, 0) is 11.2 Å². The lowest BCUT2D eigenvalue weighted by Gasteiger charge is -2.29. The van der Waals surface area contributed by atoms with Crippen molar-refractivity contribution in [3.05, 3.63) is 46.5 Å². The summed E-state index contributed by atoms with van der Waals surface area (Å²) < 4.78 is 26.2. The summed E-state index contributed by atoms with van der Waals surface area (Å²) in [6.07, 6.45) is 2.83. The van der Waals surface area contributed by atoms with Crippen LogP contribution >= 0.6 is 11.3 Å². The van der Waals surface area contributed by atoms with Crippen LogP contribution in [0, 0.1) is 17.6 Å². The number of rotatable bonds is 4. The van der Waals surface area contributed by atoms with Crippen LogP contribution in [0.4, 0.5) is 18.7 Å². The number of benzene rings is 1. The van der Waals surface area contributed by atoms with Crippen LogP contribution in [0.1, 0.15) is 23.3 Å². The van der Waals surface area contributed by atoms with E-state index in [2.05, 4.69) is 10.3 Å². The average molecular weight is 381 g/mol. The van der Waals surface area contributed by atoms with Crippen molar-refractivity contribution in [2.75, 3.05) is 18.4 Å². The Bertz CT molecular complexity index is 819. The molecule has 1 aliphatic rings. The third-order valence-corrected chi connectivity index (χ3v) is 5.17. The molecule has 1 aromatic heterocycles. The molecule has 2 N–H and O–H groups in total. The van der Waals surface area contributed by atoms with Gasteiger partial charge in [-0.05, 0) is 30.5 Å². The second-order valence-electron chi connectivity index (χ2n) is 6.09. The van der Waals surface area contributed by atoms with Crippen LogP contribution in [0.15, 0.2) is 24.4 Å². The number of piperidine rings is 1. The zero-order chi connectivity index (χ0) is 18.7. The topological polar surface area (TPSA) is 82.5 Å². The van der Waals surface area contributed by atoms with Gasteiger partial charge in [0, 0.05) is 30.6 Å². The average Bonchev–Trinajstić information content (AvgIpc) is 3.05. The van der Waals surface area contributed by atoms with Crippen molar-refractivity contribution < 1.29 is 23.5 Å². The molecule has 0 unspecified atom stereocenters. The molecule has 0 radical (unpaired) electrons. The third kappa shape index (κ3) is 4.34. The number of anilines is 1. The number of halogens is 2. The number of carbonyl (C=O) groups is 2. The van der Waals surface area contributed by atoms with E-state index in [1.807, 2.05) is 0 Å². The smallest absolute Gasteiger partial charge is 0.323 e. The number of hydrogen-bond donors (Lipinski definition) is 2. The van der Waals surface area contributed by atoms with Gasteiger partial charge < -0.3 is 10.0 Å². The minimum Gasteiger partial charge on any atom is -0.481 e. The number of hydrogen-bond acceptors (Lipinski definition) is 4. The minimum atomic E-state index is -0.898. The fraction of sp³-hybridized carbons (Fsp3) is 0.353. The first-order valence-corrected chi connectivity index (χ1v) is 8.91. The molecule has 1 fully saturated rings.